The zero-order valence-corrected chi connectivity index (χ0v) is 13.9. The molecule has 0 spiro atoms. The highest BCUT2D eigenvalue weighted by Gasteiger charge is 2.13. The van der Waals surface area contributed by atoms with E-state index in [1.54, 1.807) is 0 Å². The van der Waals surface area contributed by atoms with Crippen LogP contribution in [0.2, 0.25) is 0 Å². The number of furan rings is 1. The fraction of sp³-hybridized carbons (Fsp3) is 0.421. The van der Waals surface area contributed by atoms with E-state index in [0.29, 0.717) is 0 Å². The first-order valence-corrected chi connectivity index (χ1v) is 8.44. The molecule has 0 saturated carbocycles. The van der Waals surface area contributed by atoms with Crippen molar-refractivity contribution in [1.82, 2.24) is 14.9 Å². The van der Waals surface area contributed by atoms with E-state index < -0.39 is 0 Å². The topological polar surface area (TPSA) is 43.0 Å². The molecule has 0 atom stereocenters. The number of nitrogens with zero attached hydrogens (tertiary/aromatic N) is 2. The van der Waals surface area contributed by atoms with Crippen LogP contribution in [0.4, 0.5) is 0 Å². The molecule has 0 bridgehead atoms. The summed E-state index contributed by atoms with van der Waals surface area (Å²) in [6, 6.07) is 6.47. The number of imidazole rings is 1. The SMILES string of the molecule is Cc1cc2cc(CNCc3cnc4n3CCCC4)oc2cc1C. The third-order valence-electron chi connectivity index (χ3n) is 4.84. The first-order chi connectivity index (χ1) is 11.2. The van der Waals surface area contributed by atoms with Gasteiger partial charge in [0.05, 0.1) is 12.2 Å². The predicted octanol–water partition coefficient (Wildman–Crippen LogP) is 3.87. The van der Waals surface area contributed by atoms with Gasteiger partial charge in [-0.2, -0.15) is 0 Å². The lowest BCUT2D eigenvalue weighted by Gasteiger charge is -2.16. The van der Waals surface area contributed by atoms with Crippen LogP contribution in [0.5, 0.6) is 0 Å². The van der Waals surface area contributed by atoms with Gasteiger partial charge in [0.15, 0.2) is 0 Å². The molecule has 120 valence electrons. The van der Waals surface area contributed by atoms with Crippen LogP contribution >= 0.6 is 0 Å². The van der Waals surface area contributed by atoms with Gasteiger partial charge >= 0.3 is 0 Å². The first-order valence-electron chi connectivity index (χ1n) is 8.44. The summed E-state index contributed by atoms with van der Waals surface area (Å²) in [5.74, 6) is 2.23. The lowest BCUT2D eigenvalue weighted by atomic mass is 10.1. The van der Waals surface area contributed by atoms with E-state index >= 15 is 0 Å². The van der Waals surface area contributed by atoms with Crippen LogP contribution in [-0.2, 0) is 26.1 Å². The van der Waals surface area contributed by atoms with Gasteiger partial charge in [0.25, 0.3) is 0 Å². The van der Waals surface area contributed by atoms with Gasteiger partial charge in [-0.1, -0.05) is 0 Å². The third-order valence-corrected chi connectivity index (χ3v) is 4.84. The average Bonchev–Trinajstić information content (AvgIpc) is 3.12. The summed E-state index contributed by atoms with van der Waals surface area (Å²) in [7, 11) is 0. The summed E-state index contributed by atoms with van der Waals surface area (Å²) in [6.45, 7) is 6.95. The molecule has 3 aromatic rings. The molecule has 1 aliphatic heterocycles. The van der Waals surface area contributed by atoms with Crippen LogP contribution in [0.15, 0.2) is 28.8 Å². The second-order valence-electron chi connectivity index (χ2n) is 6.57. The molecule has 23 heavy (non-hydrogen) atoms. The normalized spacial score (nSPS) is 14.3. The summed E-state index contributed by atoms with van der Waals surface area (Å²) >= 11 is 0. The van der Waals surface area contributed by atoms with E-state index in [2.05, 4.69) is 46.9 Å². The number of aromatic nitrogens is 2. The Balaban J connectivity index is 1.44. The minimum Gasteiger partial charge on any atom is -0.460 e. The molecule has 4 nitrogen and oxygen atoms in total. The second-order valence-corrected chi connectivity index (χ2v) is 6.57. The molecule has 2 aromatic heterocycles. The van der Waals surface area contributed by atoms with Crippen LogP contribution in [0.3, 0.4) is 0 Å². The molecule has 1 aliphatic rings. The van der Waals surface area contributed by atoms with Gasteiger partial charge in [0.1, 0.15) is 17.2 Å². The summed E-state index contributed by atoms with van der Waals surface area (Å²) in [5.41, 5.74) is 4.84. The highest BCUT2D eigenvalue weighted by molar-refractivity contribution is 5.79. The largest absolute Gasteiger partial charge is 0.460 e. The van der Waals surface area contributed by atoms with Crippen molar-refractivity contribution in [1.29, 1.82) is 0 Å². The molecule has 1 aromatic carbocycles. The lowest BCUT2D eigenvalue weighted by Crippen LogP contribution is -2.18. The Hall–Kier alpha value is -2.07. The summed E-state index contributed by atoms with van der Waals surface area (Å²) in [6.07, 6.45) is 5.65. The van der Waals surface area contributed by atoms with Crippen molar-refractivity contribution in [3.05, 3.63) is 52.8 Å². The van der Waals surface area contributed by atoms with Crippen molar-refractivity contribution < 1.29 is 4.42 Å². The Kier molecular flexibility index (Phi) is 3.69. The number of hydrogen-bond acceptors (Lipinski definition) is 3. The quantitative estimate of drug-likeness (QED) is 0.795. The number of benzene rings is 1. The molecule has 0 aliphatic carbocycles. The molecule has 0 radical (unpaired) electrons. The third kappa shape index (κ3) is 2.79. The van der Waals surface area contributed by atoms with Gasteiger partial charge in [-0.05, 0) is 56.0 Å². The highest BCUT2D eigenvalue weighted by Crippen LogP contribution is 2.23. The number of rotatable bonds is 4. The minimum atomic E-state index is 0.743. The van der Waals surface area contributed by atoms with E-state index in [0.717, 1.165) is 37.4 Å². The average molecular weight is 309 g/mol. The Morgan fingerprint density at radius 3 is 2.91 bits per heavy atom. The second kappa shape index (κ2) is 5.85. The molecule has 0 amide bonds. The Labute approximate surface area is 136 Å². The van der Waals surface area contributed by atoms with Crippen LogP contribution < -0.4 is 5.32 Å². The van der Waals surface area contributed by atoms with E-state index in [4.69, 9.17) is 4.42 Å². The van der Waals surface area contributed by atoms with Gasteiger partial charge in [-0.25, -0.2) is 4.98 Å². The maximum Gasteiger partial charge on any atom is 0.134 e. The van der Waals surface area contributed by atoms with Crippen molar-refractivity contribution >= 4 is 11.0 Å². The van der Waals surface area contributed by atoms with Crippen LogP contribution in [-0.4, -0.2) is 9.55 Å². The van der Waals surface area contributed by atoms with Crippen LogP contribution in [0.25, 0.3) is 11.0 Å². The molecular weight excluding hydrogens is 286 g/mol. The van der Waals surface area contributed by atoms with Crippen LogP contribution in [0.1, 0.15) is 41.2 Å². The highest BCUT2D eigenvalue weighted by atomic mass is 16.3. The lowest BCUT2D eigenvalue weighted by molar-refractivity contribution is 0.483. The van der Waals surface area contributed by atoms with E-state index in [9.17, 15) is 0 Å². The van der Waals surface area contributed by atoms with Crippen molar-refractivity contribution in [3.8, 4) is 0 Å². The maximum absolute atomic E-state index is 5.95. The predicted molar refractivity (Wildman–Crippen MR) is 91.4 cm³/mol. The molecule has 0 saturated heterocycles. The Morgan fingerprint density at radius 1 is 1.13 bits per heavy atom. The van der Waals surface area contributed by atoms with Gasteiger partial charge in [0, 0.05) is 31.1 Å². The van der Waals surface area contributed by atoms with Gasteiger partial charge in [-0.3, -0.25) is 0 Å². The molecule has 4 heteroatoms. The first kappa shape index (κ1) is 14.5. The maximum atomic E-state index is 5.95. The van der Waals surface area contributed by atoms with Crippen molar-refractivity contribution in [2.45, 2.75) is 52.7 Å². The Morgan fingerprint density at radius 2 is 2.00 bits per heavy atom. The van der Waals surface area contributed by atoms with Crippen LogP contribution in [0, 0.1) is 13.8 Å². The number of fused-ring (bicyclic) bond motifs is 2. The fourth-order valence-electron chi connectivity index (χ4n) is 3.38. The number of nitrogens with one attached hydrogen (secondary N) is 1. The van der Waals surface area contributed by atoms with Crippen molar-refractivity contribution in [2.24, 2.45) is 0 Å². The van der Waals surface area contributed by atoms with Gasteiger partial charge < -0.3 is 14.3 Å². The molecule has 0 fully saturated rings. The molecule has 4 rings (SSSR count). The zero-order chi connectivity index (χ0) is 15.8. The molecule has 0 unspecified atom stereocenters. The van der Waals surface area contributed by atoms with Crippen molar-refractivity contribution in [2.75, 3.05) is 0 Å². The molecule has 1 N–H and O–H groups in total. The minimum absolute atomic E-state index is 0.743. The Bertz CT molecular complexity index is 805. The number of hydrogen-bond donors (Lipinski definition) is 1. The van der Waals surface area contributed by atoms with Gasteiger partial charge in [0.2, 0.25) is 0 Å². The standard InChI is InChI=1S/C19H23N3O/c1-13-7-15-9-17(23-18(15)8-14(13)2)12-20-10-16-11-21-19-5-3-4-6-22(16)19/h7-9,11,20H,3-6,10,12H2,1-2H3. The van der Waals surface area contributed by atoms with Gasteiger partial charge in [-0.15, -0.1) is 0 Å². The molecular formula is C19H23N3O. The number of aryl methyl sites for hydroxylation is 3. The smallest absolute Gasteiger partial charge is 0.134 e. The van der Waals surface area contributed by atoms with E-state index in [1.807, 2.05) is 6.20 Å². The summed E-state index contributed by atoms with van der Waals surface area (Å²) in [4.78, 5) is 4.54. The summed E-state index contributed by atoms with van der Waals surface area (Å²) in [5, 5.41) is 4.68. The zero-order valence-electron chi connectivity index (χ0n) is 13.9. The fourth-order valence-corrected chi connectivity index (χ4v) is 3.38. The van der Waals surface area contributed by atoms with Crippen molar-refractivity contribution in [3.63, 3.8) is 0 Å². The molecule has 3 heterocycles. The summed E-state index contributed by atoms with van der Waals surface area (Å²) < 4.78 is 8.31. The monoisotopic (exact) mass is 309 g/mol. The van der Waals surface area contributed by atoms with E-state index in [-0.39, 0.29) is 0 Å². The van der Waals surface area contributed by atoms with E-state index in [1.165, 1.54) is 40.9 Å².